The van der Waals surface area contributed by atoms with Gasteiger partial charge in [-0.25, -0.2) is 0 Å². The predicted octanol–water partition coefficient (Wildman–Crippen LogP) is 3.66. The average molecular weight is 335 g/mol. The second kappa shape index (κ2) is 4.74. The van der Waals surface area contributed by atoms with Gasteiger partial charge in [0.15, 0.2) is 0 Å². The molecule has 1 nitrogen and oxygen atoms in total. The summed E-state index contributed by atoms with van der Waals surface area (Å²) in [5.74, 6) is 0. The Bertz CT molecular complexity index is 394. The Balaban J connectivity index is 2.06. The highest BCUT2D eigenvalue weighted by atomic mass is 127. The summed E-state index contributed by atoms with van der Waals surface area (Å²) in [4.78, 5) is 0. The summed E-state index contributed by atoms with van der Waals surface area (Å²) in [7, 11) is 0. The van der Waals surface area contributed by atoms with E-state index in [4.69, 9.17) is 5.73 Å². The van der Waals surface area contributed by atoms with Crippen LogP contribution in [-0.4, -0.2) is 0 Å². The third-order valence-electron chi connectivity index (χ3n) is 2.05. The molecule has 0 aromatic carbocycles. The lowest BCUT2D eigenvalue weighted by Crippen LogP contribution is -2.11. The lowest BCUT2D eigenvalue weighted by atomic mass is 10.1. The molecule has 0 saturated carbocycles. The molecule has 0 radical (unpaired) electrons. The van der Waals surface area contributed by atoms with Crippen molar-refractivity contribution in [2.75, 3.05) is 0 Å². The van der Waals surface area contributed by atoms with Gasteiger partial charge < -0.3 is 5.73 Å². The number of hydrogen-bond donors (Lipinski definition) is 1. The molecule has 1 atom stereocenters. The number of thiophene rings is 2. The first-order chi connectivity index (χ1) is 6.75. The largest absolute Gasteiger partial charge is 0.324 e. The van der Waals surface area contributed by atoms with Gasteiger partial charge in [-0.2, -0.15) is 11.3 Å². The SMILES string of the molecule is NC(Cc1ccsc1)c1csc(I)c1. The van der Waals surface area contributed by atoms with Gasteiger partial charge in [0.05, 0.1) is 2.88 Å². The highest BCUT2D eigenvalue weighted by molar-refractivity contribution is 14.1. The average Bonchev–Trinajstić information content (AvgIpc) is 2.75. The quantitative estimate of drug-likeness (QED) is 0.852. The molecule has 0 aliphatic carbocycles. The van der Waals surface area contributed by atoms with E-state index in [2.05, 4.69) is 50.9 Å². The summed E-state index contributed by atoms with van der Waals surface area (Å²) >= 11 is 5.81. The summed E-state index contributed by atoms with van der Waals surface area (Å²) < 4.78 is 1.30. The van der Waals surface area contributed by atoms with Crippen molar-refractivity contribution in [3.63, 3.8) is 0 Å². The summed E-state index contributed by atoms with van der Waals surface area (Å²) in [6.45, 7) is 0. The van der Waals surface area contributed by atoms with Crippen LogP contribution in [0.1, 0.15) is 17.2 Å². The van der Waals surface area contributed by atoms with Crippen LogP contribution in [0.25, 0.3) is 0 Å². The fourth-order valence-electron chi connectivity index (χ4n) is 1.30. The Morgan fingerprint density at radius 1 is 1.43 bits per heavy atom. The molecule has 0 bridgehead atoms. The normalized spacial score (nSPS) is 13.0. The summed E-state index contributed by atoms with van der Waals surface area (Å²) in [5, 5.41) is 6.41. The van der Waals surface area contributed by atoms with Crippen molar-refractivity contribution in [1.82, 2.24) is 0 Å². The van der Waals surface area contributed by atoms with Crippen molar-refractivity contribution in [3.05, 3.63) is 42.3 Å². The molecule has 0 spiro atoms. The summed E-state index contributed by atoms with van der Waals surface area (Å²) in [5.41, 5.74) is 8.70. The molecule has 0 fully saturated rings. The number of hydrogen-bond acceptors (Lipinski definition) is 3. The lowest BCUT2D eigenvalue weighted by molar-refractivity contribution is 0.726. The van der Waals surface area contributed by atoms with E-state index < -0.39 is 0 Å². The van der Waals surface area contributed by atoms with Gasteiger partial charge in [-0.1, -0.05) is 0 Å². The van der Waals surface area contributed by atoms with Crippen LogP contribution >= 0.6 is 45.3 Å². The predicted molar refractivity (Wildman–Crippen MR) is 72.0 cm³/mol. The van der Waals surface area contributed by atoms with Crippen LogP contribution in [0.5, 0.6) is 0 Å². The monoisotopic (exact) mass is 335 g/mol. The molecule has 74 valence electrons. The molecule has 2 rings (SSSR count). The van der Waals surface area contributed by atoms with E-state index in [0.717, 1.165) is 6.42 Å². The summed E-state index contributed by atoms with van der Waals surface area (Å²) in [6, 6.07) is 4.45. The Labute approximate surface area is 105 Å². The fourth-order valence-corrected chi connectivity index (χ4v) is 3.42. The van der Waals surface area contributed by atoms with Gasteiger partial charge in [-0.15, -0.1) is 11.3 Å². The van der Waals surface area contributed by atoms with Gasteiger partial charge in [0, 0.05) is 6.04 Å². The first-order valence-electron chi connectivity index (χ1n) is 4.26. The van der Waals surface area contributed by atoms with Gasteiger partial charge in [0.1, 0.15) is 0 Å². The topological polar surface area (TPSA) is 26.0 Å². The molecule has 0 saturated heterocycles. The van der Waals surface area contributed by atoms with Crippen LogP contribution in [0.3, 0.4) is 0 Å². The first-order valence-corrected chi connectivity index (χ1v) is 7.16. The number of nitrogens with two attached hydrogens (primary N) is 1. The van der Waals surface area contributed by atoms with E-state index >= 15 is 0 Å². The molecule has 0 aliphatic heterocycles. The van der Waals surface area contributed by atoms with Crippen molar-refractivity contribution in [2.45, 2.75) is 12.5 Å². The molecule has 1 unspecified atom stereocenters. The van der Waals surface area contributed by atoms with Gasteiger partial charge in [0.2, 0.25) is 0 Å². The molecule has 2 aromatic heterocycles. The standard InChI is InChI=1S/C10H10INS2/c11-10-4-8(6-14-10)9(12)3-7-1-2-13-5-7/h1-2,4-6,9H,3,12H2. The maximum atomic E-state index is 6.11. The molecule has 2 aromatic rings. The minimum atomic E-state index is 0.143. The molecule has 4 heteroatoms. The van der Waals surface area contributed by atoms with Crippen LogP contribution in [0.15, 0.2) is 28.3 Å². The van der Waals surface area contributed by atoms with Crippen LogP contribution in [0, 0.1) is 2.88 Å². The Hall–Kier alpha value is 0.0900. The van der Waals surface area contributed by atoms with Gasteiger partial charge >= 0.3 is 0 Å². The number of halogens is 1. The first kappa shape index (κ1) is 10.6. The Kier molecular flexibility index (Phi) is 3.59. The van der Waals surface area contributed by atoms with Crippen molar-refractivity contribution in [3.8, 4) is 0 Å². The zero-order valence-corrected chi connectivity index (χ0v) is 11.2. The zero-order chi connectivity index (χ0) is 9.97. The number of rotatable bonds is 3. The van der Waals surface area contributed by atoms with E-state index in [1.54, 1.807) is 22.7 Å². The molecular weight excluding hydrogens is 325 g/mol. The molecule has 2 N–H and O–H groups in total. The van der Waals surface area contributed by atoms with Crippen LogP contribution in [0.2, 0.25) is 0 Å². The van der Waals surface area contributed by atoms with Crippen LogP contribution in [0.4, 0.5) is 0 Å². The van der Waals surface area contributed by atoms with Crippen LogP contribution in [-0.2, 0) is 6.42 Å². The summed E-state index contributed by atoms with van der Waals surface area (Å²) in [6.07, 6.45) is 0.941. The smallest absolute Gasteiger partial charge is 0.0656 e. The minimum Gasteiger partial charge on any atom is -0.324 e. The molecule has 2 heterocycles. The van der Waals surface area contributed by atoms with Crippen molar-refractivity contribution >= 4 is 45.3 Å². The maximum absolute atomic E-state index is 6.11. The van der Waals surface area contributed by atoms with E-state index in [1.807, 2.05) is 0 Å². The third kappa shape index (κ3) is 2.56. The van der Waals surface area contributed by atoms with Crippen molar-refractivity contribution < 1.29 is 0 Å². The van der Waals surface area contributed by atoms with E-state index in [-0.39, 0.29) is 6.04 Å². The molecule has 0 amide bonds. The zero-order valence-electron chi connectivity index (χ0n) is 7.44. The molecule has 0 aliphatic rings. The highest BCUT2D eigenvalue weighted by Crippen LogP contribution is 2.23. The Morgan fingerprint density at radius 3 is 2.86 bits per heavy atom. The van der Waals surface area contributed by atoms with E-state index in [1.165, 1.54) is 14.0 Å². The third-order valence-corrected chi connectivity index (χ3v) is 4.59. The highest BCUT2D eigenvalue weighted by Gasteiger charge is 2.08. The second-order valence-electron chi connectivity index (χ2n) is 3.13. The molecule has 14 heavy (non-hydrogen) atoms. The van der Waals surface area contributed by atoms with Crippen LogP contribution < -0.4 is 5.73 Å². The van der Waals surface area contributed by atoms with E-state index in [9.17, 15) is 0 Å². The maximum Gasteiger partial charge on any atom is 0.0656 e. The van der Waals surface area contributed by atoms with Crippen molar-refractivity contribution in [1.29, 1.82) is 0 Å². The van der Waals surface area contributed by atoms with Crippen molar-refractivity contribution in [2.24, 2.45) is 5.73 Å². The molecular formula is C10H10INS2. The van der Waals surface area contributed by atoms with Gasteiger partial charge in [-0.3, -0.25) is 0 Å². The van der Waals surface area contributed by atoms with Gasteiger partial charge in [-0.05, 0) is 68.4 Å². The van der Waals surface area contributed by atoms with E-state index in [0.29, 0.717) is 0 Å². The lowest BCUT2D eigenvalue weighted by Gasteiger charge is -2.07. The second-order valence-corrected chi connectivity index (χ2v) is 6.71. The minimum absolute atomic E-state index is 0.143. The Morgan fingerprint density at radius 2 is 2.29 bits per heavy atom. The fraction of sp³-hybridized carbons (Fsp3) is 0.200. The van der Waals surface area contributed by atoms with Gasteiger partial charge in [0.25, 0.3) is 0 Å².